The standard InChI is InChI=1S/C39H40N4O5/c1-39(2,38-40-23-31(41-38)25-12-9-24(10-13-25)11-18-34(44)45)42-37(46)27-14-16-29-32(21-27)43-19-20-48-33-22-28(47-3)15-17-30(33)36(43)35(29)26-7-5-4-6-8-26/h9-18,21-23,26H,4-8,19-20H2,1-3H3,(H,40,41)(H,42,46)(H,44,45). The minimum absolute atomic E-state index is 0.181. The maximum Gasteiger partial charge on any atom is 0.328 e. The van der Waals surface area contributed by atoms with Gasteiger partial charge in [-0.15, -0.1) is 0 Å². The maximum absolute atomic E-state index is 13.9. The van der Waals surface area contributed by atoms with E-state index in [2.05, 4.69) is 32.0 Å². The van der Waals surface area contributed by atoms with E-state index in [-0.39, 0.29) is 5.91 Å². The fourth-order valence-electron chi connectivity index (χ4n) is 7.18. The predicted octanol–water partition coefficient (Wildman–Crippen LogP) is 7.91. The number of aliphatic carboxylic acids is 1. The maximum atomic E-state index is 13.9. The molecule has 9 nitrogen and oxygen atoms in total. The zero-order chi connectivity index (χ0) is 33.4. The number of H-pyrrole nitrogens is 1. The highest BCUT2D eigenvalue weighted by Crippen LogP contribution is 2.47. The number of fused-ring (bicyclic) bond motifs is 5. The minimum Gasteiger partial charge on any atom is -0.497 e. The van der Waals surface area contributed by atoms with Crippen LogP contribution in [-0.2, 0) is 16.9 Å². The fraction of sp³-hybridized carbons (Fsp3) is 0.308. The van der Waals surface area contributed by atoms with Crippen LogP contribution in [0.1, 0.15) is 79.2 Å². The second-order valence-electron chi connectivity index (χ2n) is 13.2. The zero-order valence-electron chi connectivity index (χ0n) is 27.5. The van der Waals surface area contributed by atoms with Crippen LogP contribution in [0, 0.1) is 0 Å². The third-order valence-electron chi connectivity index (χ3n) is 9.63. The first-order chi connectivity index (χ1) is 23.2. The molecule has 1 fully saturated rings. The number of hydrogen-bond donors (Lipinski definition) is 3. The lowest BCUT2D eigenvalue weighted by Crippen LogP contribution is -2.41. The zero-order valence-corrected chi connectivity index (χ0v) is 27.5. The van der Waals surface area contributed by atoms with E-state index in [1.807, 2.05) is 62.4 Å². The highest BCUT2D eigenvalue weighted by molar-refractivity contribution is 6.01. The normalized spacial score (nSPS) is 15.1. The Balaban J connectivity index is 1.19. The van der Waals surface area contributed by atoms with Crippen molar-refractivity contribution in [1.29, 1.82) is 0 Å². The molecule has 1 aliphatic carbocycles. The summed E-state index contributed by atoms with van der Waals surface area (Å²) in [6.45, 7) is 5.06. The molecule has 2 aliphatic rings. The number of carbonyl (C=O) groups is 2. The van der Waals surface area contributed by atoms with Crippen molar-refractivity contribution in [1.82, 2.24) is 19.9 Å². The monoisotopic (exact) mass is 644 g/mol. The molecule has 3 N–H and O–H groups in total. The molecule has 1 amide bonds. The molecule has 0 radical (unpaired) electrons. The number of carbonyl (C=O) groups excluding carboxylic acids is 1. The molecule has 0 unspecified atom stereocenters. The number of carboxylic acids is 1. The number of benzene rings is 3. The van der Waals surface area contributed by atoms with Crippen molar-refractivity contribution < 1.29 is 24.2 Å². The SMILES string of the molecule is COc1ccc2c(c1)OCCn1c-2c(C2CCCCC2)c2ccc(C(=O)NC(C)(C)c3ncc(-c4ccc(C=CC(=O)O)cc4)[nH]3)cc21. The molecule has 0 atom stereocenters. The molecule has 246 valence electrons. The van der Waals surface area contributed by atoms with E-state index in [4.69, 9.17) is 14.6 Å². The number of aromatic nitrogens is 3. The quantitative estimate of drug-likeness (QED) is 0.148. The topological polar surface area (TPSA) is 118 Å². The van der Waals surface area contributed by atoms with Gasteiger partial charge in [0.15, 0.2) is 0 Å². The van der Waals surface area contributed by atoms with Gasteiger partial charge in [-0.3, -0.25) is 4.79 Å². The second-order valence-corrected chi connectivity index (χ2v) is 13.2. The van der Waals surface area contributed by atoms with Crippen LogP contribution in [0.15, 0.2) is 72.9 Å². The van der Waals surface area contributed by atoms with E-state index in [1.165, 1.54) is 35.9 Å². The number of rotatable bonds is 8. The molecule has 9 heteroatoms. The molecule has 0 bridgehead atoms. The molecule has 48 heavy (non-hydrogen) atoms. The summed E-state index contributed by atoms with van der Waals surface area (Å²) in [7, 11) is 1.67. The molecule has 3 aromatic carbocycles. The molecule has 7 rings (SSSR count). The first-order valence-electron chi connectivity index (χ1n) is 16.6. The summed E-state index contributed by atoms with van der Waals surface area (Å²) in [5.74, 6) is 1.51. The number of amides is 1. The van der Waals surface area contributed by atoms with Crippen molar-refractivity contribution in [2.75, 3.05) is 13.7 Å². The molecule has 1 aliphatic heterocycles. The van der Waals surface area contributed by atoms with Crippen LogP contribution in [-0.4, -0.2) is 45.2 Å². The van der Waals surface area contributed by atoms with Gasteiger partial charge >= 0.3 is 5.97 Å². The lowest BCUT2D eigenvalue weighted by Gasteiger charge is -2.24. The van der Waals surface area contributed by atoms with Gasteiger partial charge in [-0.1, -0.05) is 49.6 Å². The van der Waals surface area contributed by atoms with Crippen molar-refractivity contribution in [2.45, 2.75) is 64.0 Å². The van der Waals surface area contributed by atoms with Gasteiger partial charge in [0.25, 0.3) is 5.91 Å². The number of imidazole rings is 1. The van der Waals surface area contributed by atoms with E-state index in [1.54, 1.807) is 19.4 Å². The Kier molecular flexibility index (Phi) is 8.29. The molecule has 0 saturated heterocycles. The van der Waals surface area contributed by atoms with Crippen LogP contribution in [0.25, 0.3) is 39.5 Å². The molecule has 2 aromatic heterocycles. The van der Waals surface area contributed by atoms with Gasteiger partial charge in [0.1, 0.15) is 23.9 Å². The highest BCUT2D eigenvalue weighted by atomic mass is 16.5. The largest absolute Gasteiger partial charge is 0.497 e. The van der Waals surface area contributed by atoms with Crippen molar-refractivity contribution >= 4 is 28.9 Å². The lowest BCUT2D eigenvalue weighted by molar-refractivity contribution is -0.131. The number of aromatic amines is 1. The molecule has 0 spiro atoms. The summed E-state index contributed by atoms with van der Waals surface area (Å²) in [6, 6.07) is 19.7. The number of ether oxygens (including phenoxy) is 2. The van der Waals surface area contributed by atoms with Crippen molar-refractivity contribution in [3.8, 4) is 34.0 Å². The van der Waals surface area contributed by atoms with Crippen LogP contribution >= 0.6 is 0 Å². The van der Waals surface area contributed by atoms with E-state index < -0.39 is 11.5 Å². The van der Waals surface area contributed by atoms with Gasteiger partial charge in [-0.05, 0) is 79.6 Å². The average molecular weight is 645 g/mol. The molecule has 3 heterocycles. The number of methoxy groups -OCH3 is 1. The Hall–Kier alpha value is -5.31. The van der Waals surface area contributed by atoms with E-state index in [0.717, 1.165) is 58.3 Å². The van der Waals surface area contributed by atoms with Crippen LogP contribution in [0.2, 0.25) is 0 Å². The van der Waals surface area contributed by atoms with Gasteiger partial charge in [0.2, 0.25) is 0 Å². The van der Waals surface area contributed by atoms with Gasteiger partial charge in [-0.25, -0.2) is 9.78 Å². The third-order valence-corrected chi connectivity index (χ3v) is 9.63. The lowest BCUT2D eigenvalue weighted by atomic mass is 9.81. The first kappa shape index (κ1) is 31.3. The van der Waals surface area contributed by atoms with Crippen LogP contribution in [0.4, 0.5) is 0 Å². The summed E-state index contributed by atoms with van der Waals surface area (Å²) in [6.07, 6.45) is 10.4. The summed E-state index contributed by atoms with van der Waals surface area (Å²) >= 11 is 0. The highest BCUT2D eigenvalue weighted by Gasteiger charge is 2.31. The van der Waals surface area contributed by atoms with Crippen LogP contribution in [0.5, 0.6) is 11.5 Å². The number of hydrogen-bond acceptors (Lipinski definition) is 5. The predicted molar refractivity (Wildman–Crippen MR) is 186 cm³/mol. The summed E-state index contributed by atoms with van der Waals surface area (Å²) in [5, 5.41) is 13.3. The summed E-state index contributed by atoms with van der Waals surface area (Å²) in [5.41, 5.74) is 6.96. The fourth-order valence-corrected chi connectivity index (χ4v) is 7.18. The Morgan fingerprint density at radius 3 is 2.60 bits per heavy atom. The summed E-state index contributed by atoms with van der Waals surface area (Å²) in [4.78, 5) is 32.7. The Bertz CT molecular complexity index is 2030. The van der Waals surface area contributed by atoms with Gasteiger partial charge < -0.3 is 29.4 Å². The average Bonchev–Trinajstić information content (AvgIpc) is 3.67. The van der Waals surface area contributed by atoms with Gasteiger partial charge in [-0.2, -0.15) is 0 Å². The molecular weight excluding hydrogens is 604 g/mol. The third kappa shape index (κ3) is 5.96. The molecular formula is C39H40N4O5. The number of nitrogens with zero attached hydrogens (tertiary/aromatic N) is 2. The van der Waals surface area contributed by atoms with Crippen molar-refractivity contribution in [3.05, 3.63) is 95.5 Å². The Morgan fingerprint density at radius 1 is 1.06 bits per heavy atom. The van der Waals surface area contributed by atoms with Gasteiger partial charge in [0, 0.05) is 34.2 Å². The van der Waals surface area contributed by atoms with E-state index in [9.17, 15) is 9.59 Å². The van der Waals surface area contributed by atoms with Gasteiger partial charge in [0.05, 0.1) is 36.8 Å². The van der Waals surface area contributed by atoms with Crippen LogP contribution < -0.4 is 14.8 Å². The van der Waals surface area contributed by atoms with Crippen molar-refractivity contribution in [3.63, 3.8) is 0 Å². The summed E-state index contributed by atoms with van der Waals surface area (Å²) < 4.78 is 14.1. The second kappa shape index (κ2) is 12.7. The minimum atomic E-state index is -0.990. The van der Waals surface area contributed by atoms with E-state index in [0.29, 0.717) is 30.5 Å². The van der Waals surface area contributed by atoms with Crippen molar-refractivity contribution in [2.24, 2.45) is 0 Å². The van der Waals surface area contributed by atoms with E-state index >= 15 is 0 Å². The Labute approximate surface area is 279 Å². The number of nitrogens with one attached hydrogen (secondary N) is 2. The first-order valence-corrected chi connectivity index (χ1v) is 16.6. The Morgan fingerprint density at radius 2 is 1.85 bits per heavy atom. The van der Waals surface area contributed by atoms with Crippen LogP contribution in [0.3, 0.4) is 0 Å². The number of carboxylic acid groups (broad SMARTS) is 1. The molecule has 5 aromatic rings. The molecule has 1 saturated carbocycles. The smallest absolute Gasteiger partial charge is 0.328 e.